The van der Waals surface area contributed by atoms with E-state index in [0.717, 1.165) is 32.7 Å². The summed E-state index contributed by atoms with van der Waals surface area (Å²) in [5.41, 5.74) is 4.29. The molecule has 1 N–H and O–H groups in total. The number of ether oxygens (including phenoxy) is 1. The molecule has 3 heterocycles. The van der Waals surface area contributed by atoms with Crippen molar-refractivity contribution < 1.29 is 13.9 Å². The van der Waals surface area contributed by atoms with Gasteiger partial charge < -0.3 is 19.4 Å². The monoisotopic (exact) mass is 547 g/mol. The topological polar surface area (TPSA) is 67.6 Å². The fourth-order valence-corrected chi connectivity index (χ4v) is 4.85. The van der Waals surface area contributed by atoms with Gasteiger partial charge in [0, 0.05) is 21.9 Å². The number of nitrogens with zero attached hydrogens (tertiary/aromatic N) is 2. The van der Waals surface area contributed by atoms with Gasteiger partial charge in [0.15, 0.2) is 5.11 Å². The van der Waals surface area contributed by atoms with Crippen molar-refractivity contribution in [3.8, 4) is 11.3 Å². The van der Waals surface area contributed by atoms with Crippen molar-refractivity contribution in [2.24, 2.45) is 0 Å². The van der Waals surface area contributed by atoms with Crippen molar-refractivity contribution in [2.45, 2.75) is 19.0 Å². The Bertz CT molecular complexity index is 1390. The van der Waals surface area contributed by atoms with Gasteiger partial charge in [0.1, 0.15) is 17.6 Å². The molecule has 0 aliphatic carbocycles. The van der Waals surface area contributed by atoms with E-state index in [4.69, 9.17) is 21.4 Å². The van der Waals surface area contributed by atoms with Crippen LogP contribution in [-0.4, -0.2) is 23.2 Å². The molecule has 0 saturated carbocycles. The van der Waals surface area contributed by atoms with E-state index in [-0.39, 0.29) is 18.1 Å². The van der Waals surface area contributed by atoms with E-state index in [1.54, 1.807) is 18.3 Å². The molecule has 176 valence electrons. The van der Waals surface area contributed by atoms with E-state index in [9.17, 15) is 4.79 Å². The standard InChI is InChI=1S/C27H22BrN3O3S/c1-16-15-19(10-11-20(16)28)31-25(24(30-27(31)35)21-5-3-4-14-29-21)23-13-12-22(34-23)17-6-8-18(9-7-17)26(32)33-2/h3-15,24-25H,1-2H3,(H,30,35)/t24-,25+/m1/s1. The van der Waals surface area contributed by atoms with Crippen molar-refractivity contribution in [3.05, 3.63) is 106 Å². The molecule has 1 saturated heterocycles. The first kappa shape index (κ1) is 23.3. The van der Waals surface area contributed by atoms with Gasteiger partial charge in [-0.05, 0) is 79.3 Å². The maximum Gasteiger partial charge on any atom is 0.337 e. The van der Waals surface area contributed by atoms with Crippen LogP contribution in [0.2, 0.25) is 0 Å². The molecule has 8 heteroatoms. The number of aryl methyl sites for hydroxylation is 1. The Hall–Kier alpha value is -3.49. The van der Waals surface area contributed by atoms with Crippen LogP contribution in [-0.2, 0) is 4.74 Å². The lowest BCUT2D eigenvalue weighted by atomic mass is 10.0. The van der Waals surface area contributed by atoms with Crippen LogP contribution in [0.15, 0.2) is 87.9 Å². The minimum absolute atomic E-state index is 0.201. The molecule has 4 aromatic rings. The summed E-state index contributed by atoms with van der Waals surface area (Å²) in [6.07, 6.45) is 1.78. The van der Waals surface area contributed by atoms with E-state index in [0.29, 0.717) is 16.4 Å². The minimum atomic E-state index is -0.374. The van der Waals surface area contributed by atoms with Crippen LogP contribution in [0.5, 0.6) is 0 Å². The molecule has 2 aromatic heterocycles. The average molecular weight is 548 g/mol. The van der Waals surface area contributed by atoms with Gasteiger partial charge in [0.2, 0.25) is 0 Å². The van der Waals surface area contributed by atoms with Gasteiger partial charge in [-0.25, -0.2) is 4.79 Å². The first-order valence-electron chi connectivity index (χ1n) is 11.0. The Kier molecular flexibility index (Phi) is 6.40. The van der Waals surface area contributed by atoms with Gasteiger partial charge in [-0.3, -0.25) is 4.98 Å². The first-order chi connectivity index (χ1) is 17.0. The van der Waals surface area contributed by atoms with Crippen molar-refractivity contribution in [2.75, 3.05) is 12.0 Å². The number of carbonyl (C=O) groups is 1. The summed E-state index contributed by atoms with van der Waals surface area (Å²) in [7, 11) is 1.37. The lowest BCUT2D eigenvalue weighted by Crippen LogP contribution is -2.29. The van der Waals surface area contributed by atoms with E-state index < -0.39 is 0 Å². The van der Waals surface area contributed by atoms with E-state index in [1.807, 2.05) is 61.5 Å². The number of pyridine rings is 1. The molecule has 1 fully saturated rings. The molecule has 0 unspecified atom stereocenters. The van der Waals surface area contributed by atoms with Crippen molar-refractivity contribution in [1.29, 1.82) is 0 Å². The zero-order valence-electron chi connectivity index (χ0n) is 19.1. The highest BCUT2D eigenvalue weighted by molar-refractivity contribution is 9.10. The second-order valence-corrected chi connectivity index (χ2v) is 9.44. The molecule has 6 nitrogen and oxygen atoms in total. The summed E-state index contributed by atoms with van der Waals surface area (Å²) in [5.74, 6) is 1.07. The van der Waals surface area contributed by atoms with Gasteiger partial charge >= 0.3 is 5.97 Å². The predicted octanol–water partition coefficient (Wildman–Crippen LogP) is 6.38. The van der Waals surface area contributed by atoms with E-state index in [2.05, 4.69) is 37.2 Å². The molecule has 0 amide bonds. The Morgan fingerprint density at radius 3 is 2.60 bits per heavy atom. The van der Waals surface area contributed by atoms with Crippen molar-refractivity contribution in [1.82, 2.24) is 10.3 Å². The molecule has 0 bridgehead atoms. The number of carbonyl (C=O) groups excluding carboxylic acids is 1. The highest BCUT2D eigenvalue weighted by Gasteiger charge is 2.42. The molecular formula is C27H22BrN3O3S. The lowest BCUT2D eigenvalue weighted by molar-refractivity contribution is 0.0600. The second kappa shape index (κ2) is 9.64. The Balaban J connectivity index is 1.55. The van der Waals surface area contributed by atoms with Gasteiger partial charge in [0.05, 0.1) is 24.4 Å². The lowest BCUT2D eigenvalue weighted by Gasteiger charge is -2.26. The third kappa shape index (κ3) is 4.47. The number of furan rings is 1. The third-order valence-electron chi connectivity index (χ3n) is 6.03. The Labute approximate surface area is 217 Å². The normalized spacial score (nSPS) is 17.3. The van der Waals surface area contributed by atoms with E-state index in [1.165, 1.54) is 7.11 Å². The van der Waals surface area contributed by atoms with E-state index >= 15 is 0 Å². The predicted molar refractivity (Wildman–Crippen MR) is 142 cm³/mol. The quantitative estimate of drug-likeness (QED) is 0.230. The highest BCUT2D eigenvalue weighted by Crippen LogP contribution is 2.43. The Morgan fingerprint density at radius 1 is 1.11 bits per heavy atom. The molecule has 0 spiro atoms. The molecular weight excluding hydrogens is 526 g/mol. The van der Waals surface area contributed by atoms with Crippen molar-refractivity contribution in [3.63, 3.8) is 0 Å². The fourth-order valence-electron chi connectivity index (χ4n) is 4.26. The SMILES string of the molecule is COC(=O)c1ccc(-c2ccc([C@H]3[C@@H](c4ccccn4)NC(=S)N3c3ccc(Br)c(C)c3)o2)cc1. The van der Waals surface area contributed by atoms with Crippen LogP contribution in [0, 0.1) is 6.92 Å². The summed E-state index contributed by atoms with van der Waals surface area (Å²) in [5, 5.41) is 4.05. The number of rotatable bonds is 5. The number of hydrogen-bond acceptors (Lipinski definition) is 5. The summed E-state index contributed by atoms with van der Waals surface area (Å²) >= 11 is 9.38. The summed E-state index contributed by atoms with van der Waals surface area (Å²) in [4.78, 5) is 18.4. The number of nitrogens with one attached hydrogen (secondary N) is 1. The maximum absolute atomic E-state index is 11.8. The van der Waals surface area contributed by atoms with Gasteiger partial charge in [-0.1, -0.05) is 34.1 Å². The number of methoxy groups -OCH3 is 1. The zero-order chi connectivity index (χ0) is 24.5. The molecule has 1 aliphatic rings. The molecule has 5 rings (SSSR count). The number of esters is 1. The molecule has 1 aliphatic heterocycles. The second-order valence-electron chi connectivity index (χ2n) is 8.20. The summed E-state index contributed by atoms with van der Waals surface area (Å²) in [6.45, 7) is 2.05. The number of benzene rings is 2. The number of halogens is 1. The van der Waals surface area contributed by atoms with Crippen LogP contribution >= 0.6 is 28.1 Å². The van der Waals surface area contributed by atoms with Gasteiger partial charge in [-0.15, -0.1) is 0 Å². The molecule has 2 atom stereocenters. The fraction of sp³-hybridized carbons (Fsp3) is 0.148. The number of thiocarbonyl (C=S) groups is 1. The van der Waals surface area contributed by atoms with Crippen LogP contribution in [0.4, 0.5) is 5.69 Å². The van der Waals surface area contributed by atoms with Crippen LogP contribution in [0.25, 0.3) is 11.3 Å². The largest absolute Gasteiger partial charge is 0.465 e. The minimum Gasteiger partial charge on any atom is -0.465 e. The van der Waals surface area contributed by atoms with Gasteiger partial charge in [0.25, 0.3) is 0 Å². The number of anilines is 1. The zero-order valence-corrected chi connectivity index (χ0v) is 21.5. The van der Waals surface area contributed by atoms with Gasteiger partial charge in [-0.2, -0.15) is 0 Å². The first-order valence-corrected chi connectivity index (χ1v) is 12.2. The van der Waals surface area contributed by atoms with Crippen LogP contribution in [0.1, 0.15) is 39.5 Å². The summed E-state index contributed by atoms with van der Waals surface area (Å²) < 4.78 is 12.2. The van der Waals surface area contributed by atoms with Crippen LogP contribution < -0.4 is 10.2 Å². The highest BCUT2D eigenvalue weighted by atomic mass is 79.9. The summed E-state index contributed by atoms with van der Waals surface area (Å²) in [6, 6.07) is 22.6. The molecule has 35 heavy (non-hydrogen) atoms. The molecule has 2 aromatic carbocycles. The Morgan fingerprint density at radius 2 is 1.91 bits per heavy atom. The van der Waals surface area contributed by atoms with Crippen LogP contribution in [0.3, 0.4) is 0 Å². The smallest absolute Gasteiger partial charge is 0.337 e. The number of aromatic nitrogens is 1. The number of hydrogen-bond donors (Lipinski definition) is 1. The van der Waals surface area contributed by atoms with Crippen molar-refractivity contribution >= 4 is 44.9 Å². The third-order valence-corrected chi connectivity index (χ3v) is 7.23. The maximum atomic E-state index is 11.8. The molecule has 0 radical (unpaired) electrons. The average Bonchev–Trinajstić information content (AvgIpc) is 3.50.